The molecule has 0 radical (unpaired) electrons. The third kappa shape index (κ3) is 1.21. The number of benzene rings is 1. The van der Waals surface area contributed by atoms with Crippen molar-refractivity contribution < 1.29 is 0 Å². The third-order valence-electron chi connectivity index (χ3n) is 3.44. The second kappa shape index (κ2) is 3.01. The Morgan fingerprint density at radius 3 is 2.93 bits per heavy atom. The van der Waals surface area contributed by atoms with E-state index in [1.807, 2.05) is 11.8 Å². The van der Waals surface area contributed by atoms with Crippen molar-refractivity contribution in [3.05, 3.63) is 29.3 Å². The maximum Gasteiger partial charge on any atom is 0.0439 e. The fourth-order valence-corrected chi connectivity index (χ4v) is 2.89. The Morgan fingerprint density at radius 1 is 1.36 bits per heavy atom. The molecule has 0 saturated heterocycles. The molecule has 0 aromatic heterocycles. The summed E-state index contributed by atoms with van der Waals surface area (Å²) in [6.07, 6.45) is 6.01. The average Bonchev–Trinajstić information content (AvgIpc) is 2.99. The van der Waals surface area contributed by atoms with E-state index in [1.165, 1.54) is 24.2 Å². The largest absolute Gasteiger partial charge is 0.307 e. The van der Waals surface area contributed by atoms with E-state index in [2.05, 4.69) is 29.8 Å². The first-order chi connectivity index (χ1) is 6.84. The van der Waals surface area contributed by atoms with Crippen molar-refractivity contribution >= 4 is 11.8 Å². The van der Waals surface area contributed by atoms with Gasteiger partial charge in [-0.15, -0.1) is 11.8 Å². The van der Waals surface area contributed by atoms with Crippen molar-refractivity contribution in [3.63, 3.8) is 0 Å². The Hall–Kier alpha value is -0.470. The van der Waals surface area contributed by atoms with Crippen LogP contribution in [0.4, 0.5) is 0 Å². The van der Waals surface area contributed by atoms with Gasteiger partial charge in [0.05, 0.1) is 0 Å². The van der Waals surface area contributed by atoms with Crippen LogP contribution >= 0.6 is 11.8 Å². The zero-order chi connectivity index (χ0) is 9.60. The summed E-state index contributed by atoms with van der Waals surface area (Å²) >= 11 is 1.84. The van der Waals surface area contributed by atoms with Crippen LogP contribution in [0.5, 0.6) is 0 Å². The van der Waals surface area contributed by atoms with Crippen LogP contribution in [-0.4, -0.2) is 12.8 Å². The number of thioether (sulfide) groups is 1. The van der Waals surface area contributed by atoms with Gasteiger partial charge in [-0.25, -0.2) is 0 Å². The smallest absolute Gasteiger partial charge is 0.0439 e. The normalized spacial score (nSPS) is 22.1. The summed E-state index contributed by atoms with van der Waals surface area (Å²) in [7, 11) is 0. The molecule has 0 amide bonds. The fourth-order valence-electron chi connectivity index (χ4n) is 2.45. The molecule has 1 fully saturated rings. The summed E-state index contributed by atoms with van der Waals surface area (Å²) in [6.45, 7) is 1.16. The molecule has 3 rings (SSSR count). The summed E-state index contributed by atoms with van der Waals surface area (Å²) in [5, 5.41) is 3.67. The van der Waals surface area contributed by atoms with Crippen LogP contribution < -0.4 is 5.32 Å². The lowest BCUT2D eigenvalue weighted by Crippen LogP contribution is -2.36. The molecular formula is C12H15NS. The predicted molar refractivity (Wildman–Crippen MR) is 60.8 cm³/mol. The van der Waals surface area contributed by atoms with E-state index in [4.69, 9.17) is 0 Å². The molecule has 1 N–H and O–H groups in total. The summed E-state index contributed by atoms with van der Waals surface area (Å²) < 4.78 is 0. The first-order valence-electron chi connectivity index (χ1n) is 5.26. The number of rotatable bonds is 1. The molecule has 1 aromatic carbocycles. The van der Waals surface area contributed by atoms with E-state index in [-0.39, 0.29) is 0 Å². The number of fused-ring (bicyclic) bond motifs is 2. The maximum atomic E-state index is 3.67. The minimum Gasteiger partial charge on any atom is -0.307 e. The van der Waals surface area contributed by atoms with Crippen LogP contribution in [0.1, 0.15) is 24.0 Å². The van der Waals surface area contributed by atoms with Crippen molar-refractivity contribution in [1.82, 2.24) is 5.32 Å². The number of hydrogen-bond donors (Lipinski definition) is 1. The quantitative estimate of drug-likeness (QED) is 0.707. The van der Waals surface area contributed by atoms with Gasteiger partial charge in [0.25, 0.3) is 0 Å². The summed E-state index contributed by atoms with van der Waals surface area (Å²) in [5.74, 6) is 0. The van der Waals surface area contributed by atoms with Gasteiger partial charge in [-0.1, -0.05) is 6.07 Å². The van der Waals surface area contributed by atoms with Gasteiger partial charge in [0.1, 0.15) is 0 Å². The van der Waals surface area contributed by atoms with E-state index < -0.39 is 0 Å². The van der Waals surface area contributed by atoms with E-state index in [0.717, 1.165) is 6.54 Å². The lowest BCUT2D eigenvalue weighted by atomic mass is 9.92. The Balaban J connectivity index is 2.10. The van der Waals surface area contributed by atoms with Gasteiger partial charge in [0.15, 0.2) is 0 Å². The molecule has 1 aliphatic carbocycles. The molecular weight excluding hydrogens is 190 g/mol. The third-order valence-corrected chi connectivity index (χ3v) is 4.17. The molecule has 2 aliphatic rings. The molecule has 2 heteroatoms. The first kappa shape index (κ1) is 8.81. The maximum absolute atomic E-state index is 3.67. The highest BCUT2D eigenvalue weighted by Gasteiger charge is 2.46. The molecule has 0 atom stereocenters. The molecule has 0 unspecified atom stereocenters. The molecule has 74 valence electrons. The Labute approximate surface area is 89.3 Å². The van der Waals surface area contributed by atoms with Gasteiger partial charge >= 0.3 is 0 Å². The minimum atomic E-state index is 0.388. The van der Waals surface area contributed by atoms with Gasteiger partial charge in [-0.05, 0) is 48.8 Å². The van der Waals surface area contributed by atoms with Crippen LogP contribution in [0.15, 0.2) is 23.1 Å². The minimum absolute atomic E-state index is 0.388. The van der Waals surface area contributed by atoms with Crippen LogP contribution in [0, 0.1) is 0 Å². The van der Waals surface area contributed by atoms with E-state index >= 15 is 0 Å². The lowest BCUT2D eigenvalue weighted by molar-refractivity contribution is 0.488. The van der Waals surface area contributed by atoms with Gasteiger partial charge in [0, 0.05) is 17.0 Å². The Bertz CT molecular complexity index is 369. The molecule has 1 spiro atoms. The zero-order valence-electron chi connectivity index (χ0n) is 8.47. The Morgan fingerprint density at radius 2 is 2.21 bits per heavy atom. The highest BCUT2D eigenvalue weighted by Crippen LogP contribution is 2.49. The van der Waals surface area contributed by atoms with Crippen LogP contribution in [-0.2, 0) is 12.0 Å². The van der Waals surface area contributed by atoms with Crippen LogP contribution in [0.25, 0.3) is 0 Å². The second-order valence-electron chi connectivity index (χ2n) is 4.28. The van der Waals surface area contributed by atoms with Gasteiger partial charge in [0.2, 0.25) is 0 Å². The van der Waals surface area contributed by atoms with Gasteiger partial charge in [-0.3, -0.25) is 0 Å². The molecule has 1 nitrogen and oxygen atoms in total. The number of nitrogens with one attached hydrogen (secondary N) is 1. The molecule has 14 heavy (non-hydrogen) atoms. The van der Waals surface area contributed by atoms with Gasteiger partial charge < -0.3 is 5.32 Å². The van der Waals surface area contributed by atoms with E-state index in [9.17, 15) is 0 Å². The standard InChI is InChI=1S/C12H15NS/c1-14-10-3-2-9-4-7-13-12(5-6-12)11(9)8-10/h2-3,8,13H,4-7H2,1H3. The summed E-state index contributed by atoms with van der Waals surface area (Å²) in [5.41, 5.74) is 3.54. The molecule has 0 bridgehead atoms. The van der Waals surface area contributed by atoms with Crippen molar-refractivity contribution in [3.8, 4) is 0 Å². The SMILES string of the molecule is CSc1ccc2c(c1)C1(CC1)NCC2. The van der Waals surface area contributed by atoms with Crippen LogP contribution in [0.2, 0.25) is 0 Å². The Kier molecular flexibility index (Phi) is 1.89. The monoisotopic (exact) mass is 205 g/mol. The van der Waals surface area contributed by atoms with Crippen LogP contribution in [0.3, 0.4) is 0 Å². The van der Waals surface area contributed by atoms with E-state index in [1.54, 1.807) is 11.1 Å². The highest BCUT2D eigenvalue weighted by atomic mass is 32.2. The second-order valence-corrected chi connectivity index (χ2v) is 5.16. The van der Waals surface area contributed by atoms with Crippen molar-refractivity contribution in [2.75, 3.05) is 12.8 Å². The summed E-state index contributed by atoms with van der Waals surface area (Å²) in [6, 6.07) is 6.96. The lowest BCUT2D eigenvalue weighted by Gasteiger charge is -2.27. The average molecular weight is 205 g/mol. The number of hydrogen-bond acceptors (Lipinski definition) is 2. The zero-order valence-corrected chi connectivity index (χ0v) is 9.29. The molecule has 1 heterocycles. The molecule has 1 saturated carbocycles. The first-order valence-corrected chi connectivity index (χ1v) is 6.49. The van der Waals surface area contributed by atoms with E-state index in [0.29, 0.717) is 5.54 Å². The van der Waals surface area contributed by atoms with Crippen molar-refractivity contribution in [2.24, 2.45) is 0 Å². The molecule has 1 aromatic rings. The van der Waals surface area contributed by atoms with Crippen molar-refractivity contribution in [2.45, 2.75) is 29.7 Å². The predicted octanol–water partition coefficient (Wildman–Crippen LogP) is 2.54. The van der Waals surface area contributed by atoms with Crippen molar-refractivity contribution in [1.29, 1.82) is 0 Å². The topological polar surface area (TPSA) is 12.0 Å². The highest BCUT2D eigenvalue weighted by molar-refractivity contribution is 7.98. The fraction of sp³-hybridized carbons (Fsp3) is 0.500. The molecule has 1 aliphatic heterocycles. The summed E-state index contributed by atoms with van der Waals surface area (Å²) in [4.78, 5) is 1.40. The van der Waals surface area contributed by atoms with Gasteiger partial charge in [-0.2, -0.15) is 0 Å².